The van der Waals surface area contributed by atoms with E-state index in [0.717, 1.165) is 0 Å². The number of alkyl halides is 3. The predicted octanol–water partition coefficient (Wildman–Crippen LogP) is 1.24. The van der Waals surface area contributed by atoms with Crippen LogP contribution in [0.25, 0.3) is 0 Å². The fourth-order valence-corrected chi connectivity index (χ4v) is 1.17. The van der Waals surface area contributed by atoms with Gasteiger partial charge < -0.3 is 10.0 Å². The van der Waals surface area contributed by atoms with Gasteiger partial charge in [-0.15, -0.1) is 0 Å². The van der Waals surface area contributed by atoms with E-state index in [1.807, 2.05) is 0 Å². The molecule has 0 radical (unpaired) electrons. The van der Waals surface area contributed by atoms with Crippen molar-refractivity contribution >= 4 is 11.9 Å². The molecular weight excluding hydrogens is 239 g/mol. The van der Waals surface area contributed by atoms with Crippen molar-refractivity contribution in [3.05, 3.63) is 18.0 Å². The van der Waals surface area contributed by atoms with Gasteiger partial charge in [-0.05, 0) is 13.0 Å². The largest absolute Gasteiger partial charge is 0.480 e. The number of carbonyl (C=O) groups is 1. The number of halogens is 3. The summed E-state index contributed by atoms with van der Waals surface area (Å²) in [4.78, 5) is 18.4. The fraction of sp³-hybridized carbons (Fsp3) is 0.444. The molecular formula is C9H10F3N3O2. The average Bonchev–Trinajstić information content (AvgIpc) is 2.13. The molecule has 0 aliphatic rings. The normalized spacial score (nSPS) is 11.3. The Kier molecular flexibility index (Phi) is 3.87. The number of hydrogen-bond donors (Lipinski definition) is 1. The number of anilines is 1. The maximum atomic E-state index is 12.3. The van der Waals surface area contributed by atoms with Crippen LogP contribution < -0.4 is 4.90 Å². The highest BCUT2D eigenvalue weighted by atomic mass is 19.4. The fourth-order valence-electron chi connectivity index (χ4n) is 1.17. The zero-order valence-corrected chi connectivity index (χ0v) is 8.90. The van der Waals surface area contributed by atoms with E-state index in [9.17, 15) is 18.0 Å². The van der Waals surface area contributed by atoms with Gasteiger partial charge in [0.1, 0.15) is 13.1 Å². The Morgan fingerprint density at radius 1 is 1.53 bits per heavy atom. The lowest BCUT2D eigenvalue weighted by atomic mass is 10.4. The summed E-state index contributed by atoms with van der Waals surface area (Å²) in [6.07, 6.45) is -3.23. The van der Waals surface area contributed by atoms with Gasteiger partial charge in [0.2, 0.25) is 5.95 Å². The smallest absolute Gasteiger partial charge is 0.406 e. The average molecular weight is 249 g/mol. The van der Waals surface area contributed by atoms with Gasteiger partial charge >= 0.3 is 12.1 Å². The van der Waals surface area contributed by atoms with Gasteiger partial charge in [-0.25, -0.2) is 9.97 Å². The first kappa shape index (κ1) is 13.2. The van der Waals surface area contributed by atoms with Crippen molar-refractivity contribution in [1.82, 2.24) is 9.97 Å². The van der Waals surface area contributed by atoms with E-state index >= 15 is 0 Å². The first-order chi connectivity index (χ1) is 7.78. The highest BCUT2D eigenvalue weighted by Crippen LogP contribution is 2.19. The van der Waals surface area contributed by atoms with Crippen LogP contribution in [0.5, 0.6) is 0 Å². The van der Waals surface area contributed by atoms with Crippen molar-refractivity contribution in [1.29, 1.82) is 0 Å². The maximum Gasteiger partial charge on any atom is 0.406 e. The van der Waals surface area contributed by atoms with Crippen LogP contribution in [0, 0.1) is 6.92 Å². The number of aryl methyl sites for hydroxylation is 1. The van der Waals surface area contributed by atoms with E-state index in [2.05, 4.69) is 9.97 Å². The summed E-state index contributed by atoms with van der Waals surface area (Å²) in [6, 6.07) is 1.51. The Bertz CT molecular complexity index is 409. The van der Waals surface area contributed by atoms with Crippen molar-refractivity contribution in [2.24, 2.45) is 0 Å². The SMILES string of the molecule is Cc1ccnc(N(CC(=O)O)CC(F)(F)F)n1. The minimum Gasteiger partial charge on any atom is -0.480 e. The lowest BCUT2D eigenvalue weighted by Gasteiger charge is -2.21. The number of rotatable bonds is 4. The molecule has 17 heavy (non-hydrogen) atoms. The summed E-state index contributed by atoms with van der Waals surface area (Å²) in [5.41, 5.74) is 0.465. The molecule has 0 unspecified atom stereocenters. The Hall–Kier alpha value is -1.86. The standard InChI is InChI=1S/C9H10F3N3O2/c1-6-2-3-13-8(14-6)15(4-7(16)17)5-9(10,11)12/h2-3H,4-5H2,1H3,(H,16,17). The molecule has 0 amide bonds. The van der Waals surface area contributed by atoms with Crippen LogP contribution in [0.2, 0.25) is 0 Å². The molecule has 94 valence electrons. The van der Waals surface area contributed by atoms with Crippen LogP contribution >= 0.6 is 0 Å². The van der Waals surface area contributed by atoms with Crippen LogP contribution in [-0.2, 0) is 4.79 Å². The lowest BCUT2D eigenvalue weighted by molar-refractivity contribution is -0.136. The van der Waals surface area contributed by atoms with E-state index in [4.69, 9.17) is 5.11 Å². The Balaban J connectivity index is 2.93. The summed E-state index contributed by atoms with van der Waals surface area (Å²) in [7, 11) is 0. The van der Waals surface area contributed by atoms with Crippen LogP contribution in [0.1, 0.15) is 5.69 Å². The zero-order valence-electron chi connectivity index (χ0n) is 8.90. The van der Waals surface area contributed by atoms with Crippen molar-refractivity contribution in [2.75, 3.05) is 18.0 Å². The third-order valence-electron chi connectivity index (χ3n) is 1.76. The number of hydrogen-bond acceptors (Lipinski definition) is 4. The van der Waals surface area contributed by atoms with E-state index in [1.165, 1.54) is 12.3 Å². The highest BCUT2D eigenvalue weighted by Gasteiger charge is 2.32. The van der Waals surface area contributed by atoms with Gasteiger partial charge in [0, 0.05) is 11.9 Å². The molecule has 1 rings (SSSR count). The lowest BCUT2D eigenvalue weighted by Crippen LogP contribution is -2.39. The number of aromatic nitrogens is 2. The molecule has 0 aromatic carbocycles. The van der Waals surface area contributed by atoms with Gasteiger partial charge in [0.15, 0.2) is 0 Å². The summed E-state index contributed by atoms with van der Waals surface area (Å²) < 4.78 is 36.8. The Labute approximate surface area is 94.9 Å². The van der Waals surface area contributed by atoms with Crippen molar-refractivity contribution in [3.8, 4) is 0 Å². The zero-order chi connectivity index (χ0) is 13.1. The maximum absolute atomic E-state index is 12.3. The molecule has 1 heterocycles. The minimum atomic E-state index is -4.51. The Morgan fingerprint density at radius 2 is 2.18 bits per heavy atom. The van der Waals surface area contributed by atoms with Crippen molar-refractivity contribution in [2.45, 2.75) is 13.1 Å². The summed E-state index contributed by atoms with van der Waals surface area (Å²) >= 11 is 0. The molecule has 1 aromatic rings. The quantitative estimate of drug-likeness (QED) is 0.869. The molecule has 0 aliphatic heterocycles. The van der Waals surface area contributed by atoms with Gasteiger partial charge in [0.25, 0.3) is 0 Å². The first-order valence-electron chi connectivity index (χ1n) is 4.61. The molecule has 8 heteroatoms. The van der Waals surface area contributed by atoms with Gasteiger partial charge in [-0.3, -0.25) is 4.79 Å². The monoisotopic (exact) mass is 249 g/mol. The van der Waals surface area contributed by atoms with E-state index < -0.39 is 25.2 Å². The third-order valence-corrected chi connectivity index (χ3v) is 1.76. The molecule has 1 aromatic heterocycles. The molecule has 0 spiro atoms. The molecule has 0 bridgehead atoms. The highest BCUT2D eigenvalue weighted by molar-refractivity contribution is 5.72. The second-order valence-electron chi connectivity index (χ2n) is 3.36. The molecule has 5 nitrogen and oxygen atoms in total. The van der Waals surface area contributed by atoms with Crippen LogP contribution in [0.4, 0.5) is 19.1 Å². The molecule has 0 aliphatic carbocycles. The summed E-state index contributed by atoms with van der Waals surface area (Å²) in [5, 5.41) is 8.55. The number of nitrogens with zero attached hydrogens (tertiary/aromatic N) is 3. The molecule has 0 saturated carbocycles. The van der Waals surface area contributed by atoms with Crippen molar-refractivity contribution in [3.63, 3.8) is 0 Å². The number of aliphatic carboxylic acids is 1. The third kappa shape index (κ3) is 4.66. The van der Waals surface area contributed by atoms with Crippen LogP contribution in [0.3, 0.4) is 0 Å². The van der Waals surface area contributed by atoms with Gasteiger partial charge in [-0.1, -0.05) is 0 Å². The van der Waals surface area contributed by atoms with Crippen LogP contribution in [0.15, 0.2) is 12.3 Å². The first-order valence-corrected chi connectivity index (χ1v) is 4.61. The number of carboxylic acids is 1. The Morgan fingerprint density at radius 3 is 2.65 bits per heavy atom. The summed E-state index contributed by atoms with van der Waals surface area (Å²) in [5.74, 6) is -1.62. The minimum absolute atomic E-state index is 0.246. The molecule has 0 saturated heterocycles. The van der Waals surface area contributed by atoms with Gasteiger partial charge in [0.05, 0.1) is 0 Å². The topological polar surface area (TPSA) is 66.3 Å². The van der Waals surface area contributed by atoms with Gasteiger partial charge in [-0.2, -0.15) is 13.2 Å². The second-order valence-corrected chi connectivity index (χ2v) is 3.36. The number of carboxylic acid groups (broad SMARTS) is 1. The molecule has 1 N–H and O–H groups in total. The predicted molar refractivity (Wildman–Crippen MR) is 52.7 cm³/mol. The van der Waals surface area contributed by atoms with E-state index in [-0.39, 0.29) is 5.95 Å². The van der Waals surface area contributed by atoms with Crippen molar-refractivity contribution < 1.29 is 23.1 Å². The summed E-state index contributed by atoms with van der Waals surface area (Å²) in [6.45, 7) is -0.622. The molecule has 0 fully saturated rings. The second kappa shape index (κ2) is 4.98. The van der Waals surface area contributed by atoms with E-state index in [0.29, 0.717) is 10.6 Å². The van der Waals surface area contributed by atoms with Crippen LogP contribution in [-0.4, -0.2) is 40.3 Å². The van der Waals surface area contributed by atoms with E-state index in [1.54, 1.807) is 6.92 Å². The molecule has 0 atom stereocenters.